The molecule has 1 heterocycles. The summed E-state index contributed by atoms with van der Waals surface area (Å²) in [6.45, 7) is 4.92. The minimum atomic E-state index is 0.201. The van der Waals surface area contributed by atoms with Crippen LogP contribution in [0, 0.1) is 5.92 Å². The molecule has 2 N–H and O–H groups in total. The smallest absolute Gasteiger partial charge is 0.220 e. The Labute approximate surface area is 84.0 Å². The molecule has 1 amide bonds. The van der Waals surface area contributed by atoms with Gasteiger partial charge in [0.2, 0.25) is 5.91 Å². The summed E-state index contributed by atoms with van der Waals surface area (Å²) < 4.78 is 0. The molecule has 0 aromatic carbocycles. The fourth-order valence-electron chi connectivity index (χ4n) is 1.17. The fourth-order valence-corrected chi connectivity index (χ4v) is 1.42. The van der Waals surface area contributed by atoms with Crippen molar-refractivity contribution in [3.05, 3.63) is 0 Å². The van der Waals surface area contributed by atoms with Crippen LogP contribution < -0.4 is 10.6 Å². The van der Waals surface area contributed by atoms with E-state index < -0.39 is 0 Å². The molecule has 1 rings (SSSR count). The quantitative estimate of drug-likeness (QED) is 0.680. The average Bonchev–Trinajstić information content (AvgIpc) is 2.07. The Bertz CT molecular complexity index is 171. The number of amides is 1. The SMILES string of the molecule is CSC(C)CNC(=O)CC1CNC1. The largest absolute Gasteiger partial charge is 0.355 e. The highest BCUT2D eigenvalue weighted by molar-refractivity contribution is 7.99. The van der Waals surface area contributed by atoms with Crippen LogP contribution in [0.3, 0.4) is 0 Å². The predicted octanol–water partition coefficient (Wildman–Crippen LogP) is 0.464. The van der Waals surface area contributed by atoms with Crippen molar-refractivity contribution in [1.82, 2.24) is 10.6 Å². The lowest BCUT2D eigenvalue weighted by atomic mass is 9.99. The van der Waals surface area contributed by atoms with Gasteiger partial charge in [-0.05, 0) is 25.3 Å². The van der Waals surface area contributed by atoms with Gasteiger partial charge in [-0.2, -0.15) is 11.8 Å². The monoisotopic (exact) mass is 202 g/mol. The van der Waals surface area contributed by atoms with E-state index >= 15 is 0 Å². The van der Waals surface area contributed by atoms with Gasteiger partial charge in [-0.1, -0.05) is 6.92 Å². The van der Waals surface area contributed by atoms with Crippen LogP contribution in [0.5, 0.6) is 0 Å². The van der Waals surface area contributed by atoms with Crippen molar-refractivity contribution in [2.45, 2.75) is 18.6 Å². The summed E-state index contributed by atoms with van der Waals surface area (Å²) in [5.74, 6) is 0.775. The molecule has 1 aliphatic heterocycles. The van der Waals surface area contributed by atoms with Crippen molar-refractivity contribution in [2.75, 3.05) is 25.9 Å². The van der Waals surface area contributed by atoms with E-state index in [1.54, 1.807) is 11.8 Å². The van der Waals surface area contributed by atoms with E-state index in [4.69, 9.17) is 0 Å². The molecule has 0 radical (unpaired) electrons. The van der Waals surface area contributed by atoms with Crippen molar-refractivity contribution in [3.63, 3.8) is 0 Å². The van der Waals surface area contributed by atoms with E-state index in [-0.39, 0.29) is 5.91 Å². The second-order valence-electron chi connectivity index (χ2n) is 3.58. The van der Waals surface area contributed by atoms with Crippen LogP contribution in [0.1, 0.15) is 13.3 Å². The van der Waals surface area contributed by atoms with E-state index in [9.17, 15) is 4.79 Å². The highest BCUT2D eigenvalue weighted by atomic mass is 32.2. The van der Waals surface area contributed by atoms with Crippen molar-refractivity contribution in [2.24, 2.45) is 5.92 Å². The molecular formula is C9H18N2OS. The number of hydrogen-bond donors (Lipinski definition) is 2. The first-order valence-electron chi connectivity index (χ1n) is 4.72. The minimum Gasteiger partial charge on any atom is -0.355 e. The van der Waals surface area contributed by atoms with Gasteiger partial charge in [0.05, 0.1) is 0 Å². The molecule has 0 aliphatic carbocycles. The molecule has 1 fully saturated rings. The summed E-state index contributed by atoms with van der Waals surface area (Å²) >= 11 is 1.78. The molecule has 1 unspecified atom stereocenters. The third-order valence-electron chi connectivity index (χ3n) is 2.33. The van der Waals surface area contributed by atoms with Crippen LogP contribution in [0.2, 0.25) is 0 Å². The lowest BCUT2D eigenvalue weighted by Crippen LogP contribution is -2.45. The van der Waals surface area contributed by atoms with Gasteiger partial charge in [-0.15, -0.1) is 0 Å². The van der Waals surface area contributed by atoms with Crippen LogP contribution in [0.4, 0.5) is 0 Å². The first kappa shape index (κ1) is 10.9. The lowest BCUT2D eigenvalue weighted by Gasteiger charge is -2.26. The zero-order valence-electron chi connectivity index (χ0n) is 8.30. The number of hydrogen-bond acceptors (Lipinski definition) is 3. The van der Waals surface area contributed by atoms with Crippen LogP contribution in [0.15, 0.2) is 0 Å². The summed E-state index contributed by atoms with van der Waals surface area (Å²) in [7, 11) is 0. The van der Waals surface area contributed by atoms with E-state index in [1.807, 2.05) is 0 Å². The van der Waals surface area contributed by atoms with Crippen LogP contribution in [0.25, 0.3) is 0 Å². The number of nitrogens with one attached hydrogen (secondary N) is 2. The van der Waals surface area contributed by atoms with E-state index in [2.05, 4.69) is 23.8 Å². The van der Waals surface area contributed by atoms with Gasteiger partial charge >= 0.3 is 0 Å². The molecule has 4 heteroatoms. The maximum Gasteiger partial charge on any atom is 0.220 e. The summed E-state index contributed by atoms with van der Waals surface area (Å²) in [5.41, 5.74) is 0. The summed E-state index contributed by atoms with van der Waals surface area (Å²) in [5, 5.41) is 6.62. The average molecular weight is 202 g/mol. The molecule has 0 aromatic rings. The Kier molecular flexibility index (Phi) is 4.59. The molecule has 0 saturated carbocycles. The van der Waals surface area contributed by atoms with Gasteiger partial charge in [-0.3, -0.25) is 4.79 Å². The van der Waals surface area contributed by atoms with E-state index in [1.165, 1.54) is 0 Å². The van der Waals surface area contributed by atoms with Gasteiger partial charge < -0.3 is 10.6 Å². The number of carbonyl (C=O) groups excluding carboxylic acids is 1. The molecule has 1 aliphatic rings. The molecule has 1 saturated heterocycles. The standard InChI is InChI=1S/C9H18N2OS/c1-7(13-2)4-11-9(12)3-8-5-10-6-8/h7-8,10H,3-6H2,1-2H3,(H,11,12). The molecule has 13 heavy (non-hydrogen) atoms. The van der Waals surface area contributed by atoms with Crippen molar-refractivity contribution in [3.8, 4) is 0 Å². The van der Waals surface area contributed by atoms with Gasteiger partial charge in [0.25, 0.3) is 0 Å². The fraction of sp³-hybridized carbons (Fsp3) is 0.889. The van der Waals surface area contributed by atoms with Gasteiger partial charge in [-0.25, -0.2) is 0 Å². The Morgan fingerprint density at radius 2 is 2.38 bits per heavy atom. The van der Waals surface area contributed by atoms with Crippen molar-refractivity contribution in [1.29, 1.82) is 0 Å². The normalized spacial score (nSPS) is 19.2. The molecule has 0 aromatic heterocycles. The molecule has 3 nitrogen and oxygen atoms in total. The maximum atomic E-state index is 11.3. The topological polar surface area (TPSA) is 41.1 Å². The zero-order chi connectivity index (χ0) is 9.68. The number of carbonyl (C=O) groups is 1. The second-order valence-corrected chi connectivity index (χ2v) is 4.85. The molecule has 0 spiro atoms. The van der Waals surface area contributed by atoms with E-state index in [0.29, 0.717) is 17.6 Å². The summed E-state index contributed by atoms with van der Waals surface area (Å²) in [6, 6.07) is 0. The highest BCUT2D eigenvalue weighted by Gasteiger charge is 2.19. The first-order chi connectivity index (χ1) is 6.22. The highest BCUT2D eigenvalue weighted by Crippen LogP contribution is 2.08. The minimum absolute atomic E-state index is 0.201. The van der Waals surface area contributed by atoms with Crippen LogP contribution in [-0.2, 0) is 4.79 Å². The van der Waals surface area contributed by atoms with Gasteiger partial charge in [0.15, 0.2) is 0 Å². The van der Waals surface area contributed by atoms with Crippen LogP contribution in [-0.4, -0.2) is 37.0 Å². The second kappa shape index (κ2) is 5.50. The molecule has 76 valence electrons. The Morgan fingerprint density at radius 1 is 1.69 bits per heavy atom. The number of rotatable bonds is 5. The Hall–Kier alpha value is -0.220. The summed E-state index contributed by atoms with van der Waals surface area (Å²) in [4.78, 5) is 11.3. The molecular weight excluding hydrogens is 184 g/mol. The van der Waals surface area contributed by atoms with Crippen molar-refractivity contribution >= 4 is 17.7 Å². The van der Waals surface area contributed by atoms with E-state index in [0.717, 1.165) is 19.6 Å². The maximum absolute atomic E-state index is 11.3. The van der Waals surface area contributed by atoms with Crippen molar-refractivity contribution < 1.29 is 4.79 Å². The van der Waals surface area contributed by atoms with Gasteiger partial charge in [0.1, 0.15) is 0 Å². The Balaban J connectivity index is 2.03. The molecule has 0 bridgehead atoms. The summed E-state index contributed by atoms with van der Waals surface area (Å²) in [6.07, 6.45) is 2.75. The Morgan fingerprint density at radius 3 is 2.85 bits per heavy atom. The molecule has 1 atom stereocenters. The third-order valence-corrected chi connectivity index (χ3v) is 3.30. The third kappa shape index (κ3) is 4.00. The lowest BCUT2D eigenvalue weighted by molar-refractivity contribution is -0.122. The first-order valence-corrected chi connectivity index (χ1v) is 6.01. The number of thioether (sulfide) groups is 1. The van der Waals surface area contributed by atoms with Crippen LogP contribution >= 0.6 is 11.8 Å². The predicted molar refractivity (Wildman–Crippen MR) is 57.0 cm³/mol. The zero-order valence-corrected chi connectivity index (χ0v) is 9.12. The van der Waals surface area contributed by atoms with Gasteiger partial charge in [0, 0.05) is 18.2 Å².